The number of aromatic nitrogens is 3. The Hall–Kier alpha value is -6.59. The zero-order chi connectivity index (χ0) is 40.4. The minimum Gasteiger partial charge on any atom is -0.456 e. The lowest BCUT2D eigenvalue weighted by molar-refractivity contribution is -0.000160. The van der Waals surface area contributed by atoms with E-state index in [1.54, 1.807) is 0 Å². The Morgan fingerprint density at radius 2 is 1.32 bits per heavy atom. The summed E-state index contributed by atoms with van der Waals surface area (Å²) in [6.45, 7) is 0. The predicted molar refractivity (Wildman–Crippen MR) is 243 cm³/mol. The highest BCUT2D eigenvalue weighted by Gasteiger charge is 2.71. The number of rotatable bonds is 4. The van der Waals surface area contributed by atoms with Gasteiger partial charge in [-0.3, -0.25) is 0 Å². The Balaban J connectivity index is 0.924. The molecule has 6 aliphatic carbocycles. The van der Waals surface area contributed by atoms with E-state index in [0.29, 0.717) is 28.3 Å². The number of ether oxygens (including phenoxy) is 1. The highest BCUT2D eigenvalue weighted by Crippen LogP contribution is 2.79. The quantitative estimate of drug-likeness (QED) is 0.177. The minimum absolute atomic E-state index is 0.169. The summed E-state index contributed by atoms with van der Waals surface area (Å²) in [7, 11) is 0. The molecule has 2 spiro atoms. The van der Waals surface area contributed by atoms with E-state index in [9.17, 15) is 0 Å². The van der Waals surface area contributed by atoms with Gasteiger partial charge in [-0.2, -0.15) is 0 Å². The predicted octanol–water partition coefficient (Wildman–Crippen LogP) is 13.5. The first-order valence-corrected chi connectivity index (χ1v) is 22.7. The highest BCUT2D eigenvalue weighted by atomic mass is 16.5. The van der Waals surface area contributed by atoms with Crippen molar-refractivity contribution in [2.75, 3.05) is 0 Å². The van der Waals surface area contributed by atoms with Crippen molar-refractivity contribution in [1.82, 2.24) is 15.0 Å². The van der Waals surface area contributed by atoms with Gasteiger partial charge in [0, 0.05) is 44.9 Å². The van der Waals surface area contributed by atoms with Crippen LogP contribution in [-0.4, -0.2) is 15.0 Å². The number of para-hydroxylation sites is 3. The van der Waals surface area contributed by atoms with Gasteiger partial charge in [0.1, 0.15) is 22.7 Å². The summed E-state index contributed by atoms with van der Waals surface area (Å²) < 4.78 is 13.4. The standard InChI is InChI=1S/C57H43N3O2/c1-4-14-44-39(10-1)40-11-2-5-15-45(40)57(44)46-16-6-8-19-50(46)62-51-42(13-9-17-47(51)57)54-59-52(58-53(60-54)35-22-25-49-43(27-35)41-12-3-7-18-48(41)61-49)34-20-23-36(24-21-34)55-29-33-26-37-28-38(31-55)56(37,30-33)32-55/h1-25,27,33,37-39,44H,26,28-32H2/t33-,37?,38+,39?,44?,55?,56?,57?/m0/s1. The zero-order valence-electron chi connectivity index (χ0n) is 34.3. The van der Waals surface area contributed by atoms with Crippen molar-refractivity contribution < 1.29 is 9.15 Å². The molecule has 3 heterocycles. The molecule has 8 aromatic rings. The maximum absolute atomic E-state index is 7.12. The molecule has 62 heavy (non-hydrogen) atoms. The molecule has 298 valence electrons. The van der Waals surface area contributed by atoms with E-state index in [1.165, 1.54) is 60.8 Å². The molecule has 7 aliphatic rings. The third-order valence-corrected chi connectivity index (χ3v) is 17.1. The molecule has 4 saturated carbocycles. The Kier molecular flexibility index (Phi) is 6.51. The van der Waals surface area contributed by atoms with Gasteiger partial charge in [-0.1, -0.05) is 121 Å². The molecule has 0 amide bonds. The summed E-state index contributed by atoms with van der Waals surface area (Å²) in [5, 5.41) is 2.12. The van der Waals surface area contributed by atoms with Crippen LogP contribution in [0.1, 0.15) is 72.3 Å². The number of furan rings is 1. The van der Waals surface area contributed by atoms with Crippen LogP contribution in [0, 0.1) is 29.1 Å². The fourth-order valence-corrected chi connectivity index (χ4v) is 14.9. The molecular formula is C57H43N3O2. The molecule has 1 aliphatic heterocycles. The summed E-state index contributed by atoms with van der Waals surface area (Å²) >= 11 is 0. The minimum atomic E-state index is -0.470. The molecule has 4 fully saturated rings. The summed E-state index contributed by atoms with van der Waals surface area (Å²) in [4.78, 5) is 16.1. The van der Waals surface area contributed by atoms with Crippen LogP contribution in [0.2, 0.25) is 0 Å². The van der Waals surface area contributed by atoms with Crippen LogP contribution in [0.5, 0.6) is 11.5 Å². The average molecular weight is 802 g/mol. The van der Waals surface area contributed by atoms with Crippen LogP contribution in [0.3, 0.4) is 0 Å². The summed E-state index contributed by atoms with van der Waals surface area (Å²) in [6, 6.07) is 48.1. The SMILES string of the molecule is C1=CC2c3ccccc3C3(c4ccccc4Oc4c(-c5nc(-c6ccc(C78C[C@@H]9CC%10C[C@H](C7)C%10(C9)C8)cc6)nc(-c6ccc7oc8ccccc8c7c6)n5)cccc43)C2C=C1. The molecule has 0 saturated heterocycles. The molecule has 15 rings (SSSR count). The fraction of sp³-hybridized carbons (Fsp3) is 0.246. The van der Waals surface area contributed by atoms with Crippen molar-refractivity contribution in [3.05, 3.63) is 186 Å². The van der Waals surface area contributed by atoms with Crippen molar-refractivity contribution in [2.24, 2.45) is 29.1 Å². The molecule has 2 aromatic heterocycles. The summed E-state index contributed by atoms with van der Waals surface area (Å²) in [5.41, 5.74) is 11.5. The van der Waals surface area contributed by atoms with Gasteiger partial charge in [-0.15, -0.1) is 0 Å². The smallest absolute Gasteiger partial charge is 0.167 e. The molecule has 5 nitrogen and oxygen atoms in total. The third kappa shape index (κ3) is 4.27. The average Bonchev–Trinajstić information content (AvgIpc) is 3.96. The molecular weight excluding hydrogens is 759 g/mol. The van der Waals surface area contributed by atoms with E-state index < -0.39 is 5.41 Å². The maximum Gasteiger partial charge on any atom is 0.167 e. The van der Waals surface area contributed by atoms with Crippen LogP contribution in [-0.2, 0) is 10.8 Å². The Labute approximate surface area is 360 Å². The molecule has 8 atom stereocenters. The number of hydrogen-bond acceptors (Lipinski definition) is 5. The molecule has 3 bridgehead atoms. The Morgan fingerprint density at radius 3 is 2.26 bits per heavy atom. The Bertz CT molecular complexity index is 3300. The van der Waals surface area contributed by atoms with Gasteiger partial charge in [-0.25, -0.2) is 15.0 Å². The van der Waals surface area contributed by atoms with Crippen LogP contribution in [0.4, 0.5) is 0 Å². The lowest BCUT2D eigenvalue weighted by Crippen LogP contribution is -2.42. The highest BCUT2D eigenvalue weighted by molar-refractivity contribution is 6.06. The van der Waals surface area contributed by atoms with Gasteiger partial charge < -0.3 is 9.15 Å². The first-order valence-electron chi connectivity index (χ1n) is 22.7. The van der Waals surface area contributed by atoms with Crippen LogP contribution in [0.15, 0.2) is 162 Å². The largest absolute Gasteiger partial charge is 0.456 e. The van der Waals surface area contributed by atoms with Gasteiger partial charge in [0.2, 0.25) is 0 Å². The molecule has 0 radical (unpaired) electrons. The second-order valence-electron chi connectivity index (χ2n) is 19.7. The lowest BCUT2D eigenvalue weighted by atomic mass is 9.55. The van der Waals surface area contributed by atoms with E-state index in [2.05, 4.69) is 140 Å². The van der Waals surface area contributed by atoms with Crippen molar-refractivity contribution in [3.63, 3.8) is 0 Å². The van der Waals surface area contributed by atoms with Gasteiger partial charge in [-0.05, 0) is 120 Å². The first-order chi connectivity index (χ1) is 30.6. The number of fused-ring (bicyclic) bond motifs is 14. The van der Waals surface area contributed by atoms with Gasteiger partial charge in [0.25, 0.3) is 0 Å². The number of allylic oxidation sites excluding steroid dienone is 4. The van der Waals surface area contributed by atoms with Gasteiger partial charge in [0.15, 0.2) is 17.5 Å². The summed E-state index contributed by atoms with van der Waals surface area (Å²) in [5.74, 6) is 6.79. The van der Waals surface area contributed by atoms with Crippen LogP contribution < -0.4 is 4.74 Å². The molecule has 0 N–H and O–H groups in total. The summed E-state index contributed by atoms with van der Waals surface area (Å²) in [6.07, 6.45) is 17.7. The van der Waals surface area contributed by atoms with E-state index in [0.717, 1.165) is 73.4 Å². The zero-order valence-corrected chi connectivity index (χ0v) is 34.3. The topological polar surface area (TPSA) is 61.0 Å². The van der Waals surface area contributed by atoms with E-state index in [4.69, 9.17) is 24.1 Å². The van der Waals surface area contributed by atoms with Crippen molar-refractivity contribution in [2.45, 2.75) is 55.3 Å². The maximum atomic E-state index is 7.12. The van der Waals surface area contributed by atoms with Crippen LogP contribution >= 0.6 is 0 Å². The monoisotopic (exact) mass is 801 g/mol. The number of nitrogens with zero attached hydrogens (tertiary/aromatic N) is 3. The van der Waals surface area contributed by atoms with E-state index >= 15 is 0 Å². The molecule has 6 unspecified atom stereocenters. The van der Waals surface area contributed by atoms with E-state index in [-0.39, 0.29) is 11.8 Å². The molecule has 6 aromatic carbocycles. The second-order valence-corrected chi connectivity index (χ2v) is 19.7. The van der Waals surface area contributed by atoms with E-state index in [1.807, 2.05) is 18.2 Å². The molecule has 5 heteroatoms. The van der Waals surface area contributed by atoms with Crippen molar-refractivity contribution in [1.29, 1.82) is 0 Å². The first kappa shape index (κ1) is 34.0. The van der Waals surface area contributed by atoms with Crippen LogP contribution in [0.25, 0.3) is 56.1 Å². The second kappa shape index (κ2) is 11.9. The van der Waals surface area contributed by atoms with Gasteiger partial charge in [0.05, 0.1) is 11.0 Å². The Morgan fingerprint density at radius 1 is 0.565 bits per heavy atom. The lowest BCUT2D eigenvalue weighted by Gasteiger charge is -2.49. The normalized spacial score (nSPS) is 29.9. The fourth-order valence-electron chi connectivity index (χ4n) is 14.9. The third-order valence-electron chi connectivity index (χ3n) is 17.1. The number of benzene rings is 6. The van der Waals surface area contributed by atoms with Crippen molar-refractivity contribution >= 4 is 21.9 Å². The number of hydrogen-bond donors (Lipinski definition) is 0. The van der Waals surface area contributed by atoms with Crippen molar-refractivity contribution in [3.8, 4) is 45.7 Å². The van der Waals surface area contributed by atoms with Gasteiger partial charge >= 0.3 is 0 Å².